The maximum Gasteiger partial charge on any atom is 0.227 e. The monoisotopic (exact) mass is 306 g/mol. The van der Waals surface area contributed by atoms with E-state index in [0.29, 0.717) is 12.3 Å². The average Bonchev–Trinajstić information content (AvgIpc) is 3.03. The Labute approximate surface area is 131 Å². The number of anilines is 1. The standard InChI is InChI=1S/C17H23ClN2O/c1-17(2)11-20(14-5-3-4-13(18)16(14)17)15(21)7-6-12-8-9-19-10-12/h3-5,12,19H,6-11H2,1-2H3. The lowest BCUT2D eigenvalue weighted by Gasteiger charge is -2.21. The van der Waals surface area contributed by atoms with Gasteiger partial charge >= 0.3 is 0 Å². The largest absolute Gasteiger partial charge is 0.316 e. The molecule has 0 bridgehead atoms. The van der Waals surface area contributed by atoms with Crippen molar-refractivity contribution < 1.29 is 4.79 Å². The van der Waals surface area contributed by atoms with Crippen LogP contribution in [0.15, 0.2) is 18.2 Å². The van der Waals surface area contributed by atoms with Crippen molar-refractivity contribution in [1.29, 1.82) is 0 Å². The van der Waals surface area contributed by atoms with Gasteiger partial charge in [0.25, 0.3) is 0 Å². The van der Waals surface area contributed by atoms with E-state index in [2.05, 4.69) is 19.2 Å². The number of hydrogen-bond acceptors (Lipinski definition) is 2. The Kier molecular flexibility index (Phi) is 3.98. The van der Waals surface area contributed by atoms with Crippen LogP contribution in [0.3, 0.4) is 0 Å². The van der Waals surface area contributed by atoms with E-state index in [0.717, 1.165) is 42.3 Å². The molecule has 2 aliphatic rings. The Bertz CT molecular complexity index is 550. The summed E-state index contributed by atoms with van der Waals surface area (Å²) in [6.45, 7) is 7.20. The molecular weight excluding hydrogens is 284 g/mol. The van der Waals surface area contributed by atoms with Gasteiger partial charge in [-0.15, -0.1) is 0 Å². The van der Waals surface area contributed by atoms with Gasteiger partial charge in [-0.2, -0.15) is 0 Å². The highest BCUT2D eigenvalue weighted by Crippen LogP contribution is 2.44. The Morgan fingerprint density at radius 3 is 3.00 bits per heavy atom. The van der Waals surface area contributed by atoms with Crippen LogP contribution in [0.4, 0.5) is 5.69 Å². The molecule has 1 aromatic carbocycles. The van der Waals surface area contributed by atoms with Gasteiger partial charge in [-0.3, -0.25) is 4.79 Å². The van der Waals surface area contributed by atoms with E-state index in [1.54, 1.807) is 0 Å². The van der Waals surface area contributed by atoms with Crippen LogP contribution in [-0.2, 0) is 10.2 Å². The van der Waals surface area contributed by atoms with Crippen LogP contribution in [-0.4, -0.2) is 25.5 Å². The molecule has 1 atom stereocenters. The summed E-state index contributed by atoms with van der Waals surface area (Å²) in [7, 11) is 0. The zero-order valence-electron chi connectivity index (χ0n) is 12.8. The van der Waals surface area contributed by atoms with Gasteiger partial charge in [0.2, 0.25) is 5.91 Å². The molecular formula is C17H23ClN2O. The van der Waals surface area contributed by atoms with E-state index in [-0.39, 0.29) is 11.3 Å². The van der Waals surface area contributed by atoms with Gasteiger partial charge in [0, 0.05) is 34.7 Å². The van der Waals surface area contributed by atoms with Crippen LogP contribution in [0.25, 0.3) is 0 Å². The summed E-state index contributed by atoms with van der Waals surface area (Å²) in [6, 6.07) is 5.87. The molecule has 4 heteroatoms. The third-order valence-corrected chi connectivity index (χ3v) is 5.06. The molecule has 1 saturated heterocycles. The van der Waals surface area contributed by atoms with Gasteiger partial charge in [-0.1, -0.05) is 31.5 Å². The fraction of sp³-hybridized carbons (Fsp3) is 0.588. The number of nitrogens with one attached hydrogen (secondary N) is 1. The van der Waals surface area contributed by atoms with Crippen LogP contribution in [0.5, 0.6) is 0 Å². The molecule has 21 heavy (non-hydrogen) atoms. The summed E-state index contributed by atoms with van der Waals surface area (Å²) in [4.78, 5) is 14.6. The van der Waals surface area contributed by atoms with Crippen LogP contribution in [0.2, 0.25) is 5.02 Å². The van der Waals surface area contributed by atoms with Crippen molar-refractivity contribution in [3.05, 3.63) is 28.8 Å². The second kappa shape index (κ2) is 5.62. The van der Waals surface area contributed by atoms with E-state index >= 15 is 0 Å². The van der Waals surface area contributed by atoms with Crippen molar-refractivity contribution in [2.75, 3.05) is 24.5 Å². The van der Waals surface area contributed by atoms with E-state index in [1.165, 1.54) is 6.42 Å². The van der Waals surface area contributed by atoms with Gasteiger partial charge in [-0.25, -0.2) is 0 Å². The molecule has 3 rings (SSSR count). The number of rotatable bonds is 3. The van der Waals surface area contributed by atoms with Crippen molar-refractivity contribution in [3.63, 3.8) is 0 Å². The predicted octanol–water partition coefficient (Wildman–Crippen LogP) is 3.35. The Morgan fingerprint density at radius 2 is 2.29 bits per heavy atom. The number of hydrogen-bond donors (Lipinski definition) is 1. The highest BCUT2D eigenvalue weighted by molar-refractivity contribution is 6.32. The quantitative estimate of drug-likeness (QED) is 0.929. The number of benzene rings is 1. The van der Waals surface area contributed by atoms with E-state index in [1.807, 2.05) is 23.1 Å². The Hall–Kier alpha value is -1.06. The minimum Gasteiger partial charge on any atom is -0.316 e. The first kappa shape index (κ1) is 14.9. The molecule has 0 radical (unpaired) electrons. The number of carbonyl (C=O) groups excluding carboxylic acids is 1. The summed E-state index contributed by atoms with van der Waals surface area (Å²) in [6.07, 6.45) is 2.81. The summed E-state index contributed by atoms with van der Waals surface area (Å²) in [5.41, 5.74) is 2.04. The number of halogens is 1. The van der Waals surface area contributed by atoms with Crippen LogP contribution < -0.4 is 10.2 Å². The first-order valence-corrected chi connectivity index (χ1v) is 8.17. The molecule has 2 heterocycles. The fourth-order valence-electron chi connectivity index (χ4n) is 3.61. The zero-order chi connectivity index (χ0) is 15.0. The summed E-state index contributed by atoms with van der Waals surface area (Å²) in [5, 5.41) is 4.13. The zero-order valence-corrected chi connectivity index (χ0v) is 13.5. The normalized spacial score (nSPS) is 23.4. The van der Waals surface area contributed by atoms with Crippen molar-refractivity contribution >= 4 is 23.2 Å². The van der Waals surface area contributed by atoms with Gasteiger partial charge in [-0.05, 0) is 44.0 Å². The Balaban J connectivity index is 1.75. The van der Waals surface area contributed by atoms with E-state index in [9.17, 15) is 4.79 Å². The first-order chi connectivity index (χ1) is 9.99. The molecule has 1 aromatic rings. The van der Waals surface area contributed by atoms with Crippen molar-refractivity contribution in [2.24, 2.45) is 5.92 Å². The van der Waals surface area contributed by atoms with Gasteiger partial charge in [0.1, 0.15) is 0 Å². The summed E-state index contributed by atoms with van der Waals surface area (Å²) >= 11 is 6.36. The second-order valence-electron chi connectivity index (χ2n) is 6.90. The molecule has 0 aliphatic carbocycles. The Morgan fingerprint density at radius 1 is 1.48 bits per heavy atom. The smallest absolute Gasteiger partial charge is 0.227 e. The lowest BCUT2D eigenvalue weighted by Crippen LogP contribution is -2.34. The van der Waals surface area contributed by atoms with Gasteiger partial charge < -0.3 is 10.2 Å². The third-order valence-electron chi connectivity index (χ3n) is 4.74. The van der Waals surface area contributed by atoms with Gasteiger partial charge in [0.05, 0.1) is 0 Å². The molecule has 0 saturated carbocycles. The second-order valence-corrected chi connectivity index (χ2v) is 7.30. The molecule has 1 fully saturated rings. The molecule has 2 aliphatic heterocycles. The highest BCUT2D eigenvalue weighted by Gasteiger charge is 2.39. The molecule has 0 aromatic heterocycles. The summed E-state index contributed by atoms with van der Waals surface area (Å²) < 4.78 is 0. The molecule has 1 unspecified atom stereocenters. The number of amides is 1. The third kappa shape index (κ3) is 2.82. The lowest BCUT2D eigenvalue weighted by atomic mass is 9.87. The first-order valence-electron chi connectivity index (χ1n) is 7.79. The summed E-state index contributed by atoms with van der Waals surface area (Å²) in [5.74, 6) is 0.888. The fourth-order valence-corrected chi connectivity index (χ4v) is 4.04. The van der Waals surface area contributed by atoms with Crippen LogP contribution >= 0.6 is 11.6 Å². The minimum atomic E-state index is -0.0712. The molecule has 0 spiro atoms. The van der Waals surface area contributed by atoms with Crippen molar-refractivity contribution in [2.45, 2.75) is 38.5 Å². The number of carbonyl (C=O) groups is 1. The number of fused-ring (bicyclic) bond motifs is 1. The molecule has 1 amide bonds. The lowest BCUT2D eigenvalue weighted by molar-refractivity contribution is -0.118. The van der Waals surface area contributed by atoms with Crippen LogP contribution in [0.1, 0.15) is 38.7 Å². The molecule has 114 valence electrons. The van der Waals surface area contributed by atoms with E-state index < -0.39 is 0 Å². The van der Waals surface area contributed by atoms with Crippen molar-refractivity contribution in [3.8, 4) is 0 Å². The van der Waals surface area contributed by atoms with Gasteiger partial charge in [0.15, 0.2) is 0 Å². The van der Waals surface area contributed by atoms with Crippen molar-refractivity contribution in [1.82, 2.24) is 5.32 Å². The minimum absolute atomic E-state index is 0.0712. The predicted molar refractivity (Wildman–Crippen MR) is 87.0 cm³/mol. The van der Waals surface area contributed by atoms with Crippen LogP contribution in [0, 0.1) is 5.92 Å². The number of nitrogens with zero attached hydrogens (tertiary/aromatic N) is 1. The topological polar surface area (TPSA) is 32.3 Å². The maximum absolute atomic E-state index is 12.6. The molecule has 3 nitrogen and oxygen atoms in total. The SMILES string of the molecule is CC1(C)CN(C(=O)CCC2CCNC2)c2cccc(Cl)c21. The average molecular weight is 307 g/mol. The maximum atomic E-state index is 12.6. The van der Waals surface area contributed by atoms with E-state index in [4.69, 9.17) is 11.6 Å². The highest BCUT2D eigenvalue weighted by atomic mass is 35.5. The molecule has 1 N–H and O–H groups in total.